The van der Waals surface area contributed by atoms with E-state index in [1.54, 1.807) is 12.1 Å². The van der Waals surface area contributed by atoms with Gasteiger partial charge in [-0.05, 0) is 56.6 Å². The van der Waals surface area contributed by atoms with E-state index < -0.39 is 10.0 Å². The molecule has 1 aliphatic carbocycles. The Morgan fingerprint density at radius 3 is 2.45 bits per heavy atom. The van der Waals surface area contributed by atoms with Crippen LogP contribution in [-0.4, -0.2) is 28.1 Å². The number of rotatable bonds is 5. The van der Waals surface area contributed by atoms with E-state index in [1.807, 2.05) is 12.1 Å². The molecule has 1 saturated carbocycles. The second-order valence-corrected chi connectivity index (χ2v) is 7.15. The molecule has 4 N–H and O–H groups in total. The van der Waals surface area contributed by atoms with Crippen molar-refractivity contribution in [3.05, 3.63) is 24.3 Å². The Bertz CT molecular complexity index is 528. The fourth-order valence-corrected chi connectivity index (χ4v) is 3.47. The van der Waals surface area contributed by atoms with E-state index in [9.17, 15) is 8.42 Å². The number of hydrogen-bond donors (Lipinski definition) is 3. The summed E-state index contributed by atoms with van der Waals surface area (Å²) in [6.07, 6.45) is 4.76. The number of nitrogens with one attached hydrogen (secondary N) is 2. The van der Waals surface area contributed by atoms with E-state index in [0.717, 1.165) is 12.1 Å². The molecule has 0 heterocycles. The fraction of sp³-hybridized carbons (Fsp3) is 0.571. The molecule has 1 fully saturated rings. The first kappa shape index (κ1) is 15.3. The summed E-state index contributed by atoms with van der Waals surface area (Å²) >= 11 is 0. The van der Waals surface area contributed by atoms with Crippen LogP contribution in [0, 0.1) is 5.92 Å². The average Bonchev–Trinajstić information content (AvgIpc) is 2.48. The summed E-state index contributed by atoms with van der Waals surface area (Å²) in [5.74, 6) is 0.504. The zero-order valence-electron chi connectivity index (χ0n) is 11.8. The summed E-state index contributed by atoms with van der Waals surface area (Å²) in [6, 6.07) is 7.25. The van der Waals surface area contributed by atoms with Gasteiger partial charge in [0.05, 0.1) is 4.90 Å². The van der Waals surface area contributed by atoms with Gasteiger partial charge in [-0.1, -0.05) is 12.8 Å². The van der Waals surface area contributed by atoms with Crippen molar-refractivity contribution in [3.63, 3.8) is 0 Å². The van der Waals surface area contributed by atoms with Crippen LogP contribution >= 0.6 is 0 Å². The molecule has 2 atom stereocenters. The van der Waals surface area contributed by atoms with E-state index >= 15 is 0 Å². The molecule has 1 aromatic carbocycles. The van der Waals surface area contributed by atoms with Crippen LogP contribution in [0.15, 0.2) is 29.2 Å². The molecule has 112 valence electrons. The van der Waals surface area contributed by atoms with Crippen molar-refractivity contribution < 1.29 is 8.42 Å². The van der Waals surface area contributed by atoms with Gasteiger partial charge in [-0.3, -0.25) is 0 Å². The third kappa shape index (κ3) is 3.50. The van der Waals surface area contributed by atoms with Crippen molar-refractivity contribution in [2.75, 3.05) is 18.9 Å². The van der Waals surface area contributed by atoms with Crippen LogP contribution < -0.4 is 15.8 Å². The van der Waals surface area contributed by atoms with Crippen molar-refractivity contribution >= 4 is 15.7 Å². The van der Waals surface area contributed by atoms with Crippen molar-refractivity contribution in [1.29, 1.82) is 0 Å². The molecule has 2 unspecified atom stereocenters. The lowest BCUT2D eigenvalue weighted by molar-refractivity contribution is 0.332. The van der Waals surface area contributed by atoms with Gasteiger partial charge in [0.25, 0.3) is 0 Å². The highest BCUT2D eigenvalue weighted by Gasteiger charge is 2.23. The van der Waals surface area contributed by atoms with Gasteiger partial charge in [0, 0.05) is 11.7 Å². The lowest BCUT2D eigenvalue weighted by Gasteiger charge is -2.32. The van der Waals surface area contributed by atoms with Gasteiger partial charge in [-0.2, -0.15) is 0 Å². The van der Waals surface area contributed by atoms with Gasteiger partial charge in [-0.15, -0.1) is 0 Å². The first-order chi connectivity index (χ1) is 9.56. The second kappa shape index (κ2) is 6.56. The minimum Gasteiger partial charge on any atom is -0.382 e. The first-order valence-electron chi connectivity index (χ1n) is 7.07. The monoisotopic (exact) mass is 297 g/mol. The zero-order valence-corrected chi connectivity index (χ0v) is 12.6. The van der Waals surface area contributed by atoms with Crippen LogP contribution in [0.5, 0.6) is 0 Å². The normalized spacial score (nSPS) is 23.5. The summed E-state index contributed by atoms with van der Waals surface area (Å²) in [7, 11) is -1.95. The fourth-order valence-electron chi connectivity index (χ4n) is 2.74. The topological polar surface area (TPSA) is 84.2 Å². The minimum absolute atomic E-state index is 0.282. The number of anilines is 1. The highest BCUT2D eigenvalue weighted by molar-refractivity contribution is 7.89. The molecule has 20 heavy (non-hydrogen) atoms. The average molecular weight is 297 g/mol. The molecule has 0 aliphatic heterocycles. The Hall–Kier alpha value is -1.11. The van der Waals surface area contributed by atoms with Crippen molar-refractivity contribution in [3.8, 4) is 0 Å². The van der Waals surface area contributed by atoms with Crippen LogP contribution in [-0.2, 0) is 10.0 Å². The quantitative estimate of drug-likeness (QED) is 0.769. The van der Waals surface area contributed by atoms with Crippen LogP contribution in [0.4, 0.5) is 5.69 Å². The summed E-state index contributed by atoms with van der Waals surface area (Å²) in [5.41, 5.74) is 6.77. The standard InChI is InChI=1S/C14H23N3O2S/c1-16-20(18,19)13-8-6-12(7-9-13)17-14-5-3-2-4-11(14)10-15/h6-9,11,14,16-17H,2-5,10,15H2,1H3. The largest absolute Gasteiger partial charge is 0.382 e. The maximum Gasteiger partial charge on any atom is 0.240 e. The number of hydrogen-bond acceptors (Lipinski definition) is 4. The van der Waals surface area contributed by atoms with E-state index in [2.05, 4.69) is 10.0 Å². The predicted molar refractivity (Wildman–Crippen MR) is 81.1 cm³/mol. The third-order valence-electron chi connectivity index (χ3n) is 4.00. The molecular weight excluding hydrogens is 274 g/mol. The molecule has 0 saturated heterocycles. The van der Waals surface area contributed by atoms with Crippen molar-refractivity contribution in [1.82, 2.24) is 4.72 Å². The molecule has 6 heteroatoms. The Kier molecular flexibility index (Phi) is 5.01. The molecule has 0 aromatic heterocycles. The van der Waals surface area contributed by atoms with Crippen LogP contribution in [0.2, 0.25) is 0 Å². The van der Waals surface area contributed by atoms with Gasteiger partial charge in [0.1, 0.15) is 0 Å². The summed E-state index contributed by atoms with van der Waals surface area (Å²) < 4.78 is 25.6. The molecule has 0 spiro atoms. The van der Waals surface area contributed by atoms with E-state index in [4.69, 9.17) is 5.73 Å². The van der Waals surface area contributed by atoms with Crippen molar-refractivity contribution in [2.45, 2.75) is 36.6 Å². The smallest absolute Gasteiger partial charge is 0.240 e. The van der Waals surface area contributed by atoms with Gasteiger partial charge in [0.2, 0.25) is 10.0 Å². The molecule has 5 nitrogen and oxygen atoms in total. The Morgan fingerprint density at radius 1 is 1.20 bits per heavy atom. The Morgan fingerprint density at radius 2 is 1.85 bits per heavy atom. The van der Waals surface area contributed by atoms with E-state index in [-0.39, 0.29) is 4.90 Å². The van der Waals surface area contributed by atoms with E-state index in [0.29, 0.717) is 18.5 Å². The lowest BCUT2D eigenvalue weighted by atomic mass is 9.84. The molecule has 2 rings (SSSR count). The number of sulfonamides is 1. The summed E-state index contributed by atoms with van der Waals surface area (Å²) in [4.78, 5) is 0.282. The molecule has 0 amide bonds. The molecule has 1 aliphatic rings. The molecule has 0 radical (unpaired) electrons. The van der Waals surface area contributed by atoms with Crippen LogP contribution in [0.1, 0.15) is 25.7 Å². The Balaban J connectivity index is 2.07. The van der Waals surface area contributed by atoms with Crippen LogP contribution in [0.3, 0.4) is 0 Å². The number of benzene rings is 1. The van der Waals surface area contributed by atoms with E-state index in [1.165, 1.54) is 26.3 Å². The summed E-state index contributed by atoms with van der Waals surface area (Å²) in [5, 5.41) is 3.48. The van der Waals surface area contributed by atoms with Gasteiger partial charge in [-0.25, -0.2) is 13.1 Å². The number of nitrogens with two attached hydrogens (primary N) is 1. The highest BCUT2D eigenvalue weighted by Crippen LogP contribution is 2.27. The lowest BCUT2D eigenvalue weighted by Crippen LogP contribution is -2.36. The first-order valence-corrected chi connectivity index (χ1v) is 8.55. The SMILES string of the molecule is CNS(=O)(=O)c1ccc(NC2CCCCC2CN)cc1. The maximum absolute atomic E-state index is 11.7. The van der Waals surface area contributed by atoms with Crippen molar-refractivity contribution in [2.24, 2.45) is 11.7 Å². The predicted octanol–water partition coefficient (Wildman–Crippen LogP) is 1.52. The molecule has 0 bridgehead atoms. The van der Waals surface area contributed by atoms with Crippen LogP contribution in [0.25, 0.3) is 0 Å². The minimum atomic E-state index is -3.36. The highest BCUT2D eigenvalue weighted by atomic mass is 32.2. The molecular formula is C14H23N3O2S. The van der Waals surface area contributed by atoms with Gasteiger partial charge >= 0.3 is 0 Å². The third-order valence-corrected chi connectivity index (χ3v) is 5.43. The Labute approximate surface area is 121 Å². The zero-order chi connectivity index (χ0) is 14.6. The maximum atomic E-state index is 11.7. The second-order valence-electron chi connectivity index (χ2n) is 5.26. The van der Waals surface area contributed by atoms with Gasteiger partial charge < -0.3 is 11.1 Å². The summed E-state index contributed by atoms with van der Waals surface area (Å²) in [6.45, 7) is 0.698. The van der Waals surface area contributed by atoms with Gasteiger partial charge in [0.15, 0.2) is 0 Å². The molecule has 1 aromatic rings.